The van der Waals surface area contributed by atoms with E-state index in [1.54, 1.807) is 29.1 Å². The zero-order valence-corrected chi connectivity index (χ0v) is 16.5. The van der Waals surface area contributed by atoms with Gasteiger partial charge in [-0.05, 0) is 49.9 Å². The molecule has 2 aromatic rings. The summed E-state index contributed by atoms with van der Waals surface area (Å²) in [6, 6.07) is 7.22. The van der Waals surface area contributed by atoms with Gasteiger partial charge in [0.1, 0.15) is 5.82 Å². The second-order valence-electron chi connectivity index (χ2n) is 6.93. The van der Waals surface area contributed by atoms with Crippen LogP contribution in [0.2, 0.25) is 10.0 Å². The first-order valence-corrected chi connectivity index (χ1v) is 9.31. The topological polar surface area (TPSA) is 59.0 Å². The van der Waals surface area contributed by atoms with Crippen LogP contribution < -0.4 is 10.6 Å². The summed E-state index contributed by atoms with van der Waals surface area (Å²) in [6.45, 7) is 2.43. The molecular weight excluding hydrogens is 395 g/mol. The van der Waals surface area contributed by atoms with Gasteiger partial charge in [-0.2, -0.15) is 5.10 Å². The summed E-state index contributed by atoms with van der Waals surface area (Å²) in [6.07, 6.45) is 4.83. The monoisotopic (exact) mass is 414 g/mol. The van der Waals surface area contributed by atoms with Crippen LogP contribution in [0, 0.1) is 11.3 Å². The van der Waals surface area contributed by atoms with Crippen LogP contribution in [0.4, 0.5) is 5.82 Å². The number of halogens is 3. The quantitative estimate of drug-likeness (QED) is 0.794. The van der Waals surface area contributed by atoms with Crippen molar-refractivity contribution in [1.29, 1.82) is 0 Å². The van der Waals surface area contributed by atoms with Gasteiger partial charge in [-0.1, -0.05) is 29.3 Å². The number of rotatable bonds is 4. The van der Waals surface area contributed by atoms with Crippen molar-refractivity contribution in [2.24, 2.45) is 11.3 Å². The Kier molecular flexibility index (Phi) is 5.82. The Morgan fingerprint density at radius 2 is 1.96 bits per heavy atom. The molecule has 1 aromatic heterocycles. The Bertz CT molecular complexity index is 781. The molecular formula is C18H21Cl3N4O. The molecule has 0 bridgehead atoms. The fourth-order valence-corrected chi connectivity index (χ4v) is 4.32. The summed E-state index contributed by atoms with van der Waals surface area (Å²) in [4.78, 5) is 12.7. The Morgan fingerprint density at radius 1 is 1.27 bits per heavy atom. The van der Waals surface area contributed by atoms with Crippen LogP contribution in [-0.4, -0.2) is 28.8 Å². The molecule has 4 rings (SSSR count). The maximum atomic E-state index is 12.7. The minimum atomic E-state index is 0. The number of hydrogen-bond acceptors (Lipinski definition) is 3. The minimum Gasteiger partial charge on any atom is -0.317 e. The molecule has 1 amide bonds. The molecule has 2 heterocycles. The number of piperidine rings is 1. The number of nitrogens with zero attached hydrogens (tertiary/aromatic N) is 2. The van der Waals surface area contributed by atoms with E-state index in [0.29, 0.717) is 22.4 Å². The molecule has 1 unspecified atom stereocenters. The third kappa shape index (κ3) is 3.72. The normalized spacial score (nSPS) is 20.5. The Labute approximate surface area is 168 Å². The van der Waals surface area contributed by atoms with E-state index in [4.69, 9.17) is 23.2 Å². The average molecular weight is 416 g/mol. The van der Waals surface area contributed by atoms with E-state index in [2.05, 4.69) is 15.7 Å². The molecule has 26 heavy (non-hydrogen) atoms. The molecule has 1 saturated heterocycles. The van der Waals surface area contributed by atoms with Gasteiger partial charge < -0.3 is 10.6 Å². The summed E-state index contributed by atoms with van der Waals surface area (Å²) < 4.78 is 1.72. The van der Waals surface area contributed by atoms with E-state index < -0.39 is 0 Å². The van der Waals surface area contributed by atoms with Gasteiger partial charge in [0, 0.05) is 27.6 Å². The van der Waals surface area contributed by atoms with Crippen molar-refractivity contribution in [2.75, 3.05) is 18.4 Å². The fraction of sp³-hybridized carbons (Fsp3) is 0.444. The number of anilines is 1. The Hall–Kier alpha value is -1.27. The second-order valence-corrected chi connectivity index (χ2v) is 7.75. The van der Waals surface area contributed by atoms with Gasteiger partial charge in [-0.3, -0.25) is 4.79 Å². The highest BCUT2D eigenvalue weighted by molar-refractivity contribution is 6.36. The fourth-order valence-electron chi connectivity index (χ4n) is 3.81. The highest BCUT2D eigenvalue weighted by Gasteiger charge is 2.57. The van der Waals surface area contributed by atoms with Crippen molar-refractivity contribution in [3.8, 4) is 0 Å². The summed E-state index contributed by atoms with van der Waals surface area (Å²) in [5, 5.41) is 11.9. The SMILES string of the molecule is Cl.O=C(Nc1ccnn1Cc1c(Cl)cccc1Cl)C1CC12CCNCC2. The molecule has 2 aliphatic rings. The van der Waals surface area contributed by atoms with E-state index in [0.717, 1.165) is 37.9 Å². The number of nitrogens with one attached hydrogen (secondary N) is 2. The lowest BCUT2D eigenvalue weighted by Gasteiger charge is -2.23. The summed E-state index contributed by atoms with van der Waals surface area (Å²) >= 11 is 12.5. The van der Waals surface area contributed by atoms with Crippen molar-refractivity contribution in [2.45, 2.75) is 25.8 Å². The van der Waals surface area contributed by atoms with Crippen LogP contribution in [0.15, 0.2) is 30.5 Å². The first-order valence-electron chi connectivity index (χ1n) is 8.55. The largest absolute Gasteiger partial charge is 0.317 e. The summed E-state index contributed by atoms with van der Waals surface area (Å²) in [5.41, 5.74) is 1.01. The number of carbonyl (C=O) groups is 1. The maximum absolute atomic E-state index is 12.7. The predicted octanol–water partition coefficient (Wildman–Crippen LogP) is 3.99. The van der Waals surface area contributed by atoms with E-state index >= 15 is 0 Å². The summed E-state index contributed by atoms with van der Waals surface area (Å²) in [5.74, 6) is 0.882. The minimum absolute atomic E-state index is 0. The van der Waals surface area contributed by atoms with Gasteiger partial charge >= 0.3 is 0 Å². The molecule has 2 fully saturated rings. The van der Waals surface area contributed by atoms with Crippen molar-refractivity contribution in [3.05, 3.63) is 46.1 Å². The molecule has 1 aliphatic heterocycles. The molecule has 1 aliphatic carbocycles. The van der Waals surface area contributed by atoms with Crippen molar-refractivity contribution >= 4 is 47.3 Å². The van der Waals surface area contributed by atoms with Crippen molar-refractivity contribution in [1.82, 2.24) is 15.1 Å². The third-order valence-electron chi connectivity index (χ3n) is 5.44. The number of benzene rings is 1. The first-order chi connectivity index (χ1) is 12.1. The Balaban J connectivity index is 0.00000196. The van der Waals surface area contributed by atoms with Gasteiger partial charge in [0.15, 0.2) is 0 Å². The average Bonchev–Trinajstić information content (AvgIpc) is 3.11. The van der Waals surface area contributed by atoms with Gasteiger partial charge in [0.05, 0.1) is 12.7 Å². The lowest BCUT2D eigenvalue weighted by atomic mass is 9.92. The van der Waals surface area contributed by atoms with Crippen LogP contribution >= 0.6 is 35.6 Å². The van der Waals surface area contributed by atoms with Gasteiger partial charge in [0.2, 0.25) is 5.91 Å². The van der Waals surface area contributed by atoms with Crippen LogP contribution in [-0.2, 0) is 11.3 Å². The predicted molar refractivity (Wildman–Crippen MR) is 106 cm³/mol. The number of aromatic nitrogens is 2. The van der Waals surface area contributed by atoms with E-state index in [1.807, 2.05) is 6.07 Å². The van der Waals surface area contributed by atoms with E-state index in [9.17, 15) is 4.79 Å². The Morgan fingerprint density at radius 3 is 2.65 bits per heavy atom. The standard InChI is InChI=1S/C18H20Cl2N4O.ClH/c19-14-2-1-3-15(20)12(14)11-24-16(4-7-22-24)23-17(25)13-10-18(13)5-8-21-9-6-18;/h1-4,7,13,21H,5-6,8-11H2,(H,23,25);1H. The number of hydrogen-bond donors (Lipinski definition) is 2. The van der Waals surface area contributed by atoms with E-state index in [1.165, 1.54) is 0 Å². The third-order valence-corrected chi connectivity index (χ3v) is 6.15. The first kappa shape index (κ1) is 19.5. The highest BCUT2D eigenvalue weighted by atomic mass is 35.5. The molecule has 8 heteroatoms. The lowest BCUT2D eigenvalue weighted by Crippen LogP contribution is -2.31. The van der Waals surface area contributed by atoms with Gasteiger partial charge in [0.25, 0.3) is 0 Å². The second kappa shape index (κ2) is 7.77. The van der Waals surface area contributed by atoms with Gasteiger partial charge in [-0.15, -0.1) is 12.4 Å². The molecule has 1 spiro atoms. The molecule has 2 N–H and O–H groups in total. The van der Waals surface area contributed by atoms with Crippen molar-refractivity contribution in [3.63, 3.8) is 0 Å². The van der Waals surface area contributed by atoms with Crippen LogP contribution in [0.1, 0.15) is 24.8 Å². The zero-order valence-electron chi connectivity index (χ0n) is 14.2. The zero-order chi connectivity index (χ0) is 17.4. The van der Waals surface area contributed by atoms with Crippen LogP contribution in [0.5, 0.6) is 0 Å². The number of amides is 1. The molecule has 1 saturated carbocycles. The lowest BCUT2D eigenvalue weighted by molar-refractivity contribution is -0.118. The van der Waals surface area contributed by atoms with E-state index in [-0.39, 0.29) is 29.6 Å². The smallest absolute Gasteiger partial charge is 0.229 e. The van der Waals surface area contributed by atoms with Crippen molar-refractivity contribution < 1.29 is 4.79 Å². The molecule has 1 atom stereocenters. The molecule has 0 radical (unpaired) electrons. The molecule has 1 aromatic carbocycles. The molecule has 5 nitrogen and oxygen atoms in total. The summed E-state index contributed by atoms with van der Waals surface area (Å²) in [7, 11) is 0. The molecule has 140 valence electrons. The van der Waals surface area contributed by atoms with Gasteiger partial charge in [-0.25, -0.2) is 4.68 Å². The maximum Gasteiger partial charge on any atom is 0.229 e. The van der Waals surface area contributed by atoms with Crippen LogP contribution in [0.3, 0.4) is 0 Å². The highest BCUT2D eigenvalue weighted by Crippen LogP contribution is 2.58. The number of carbonyl (C=O) groups excluding carboxylic acids is 1. The van der Waals surface area contributed by atoms with Crippen LogP contribution in [0.25, 0.3) is 0 Å².